The maximum absolute atomic E-state index is 12.3. The van der Waals surface area contributed by atoms with Crippen molar-refractivity contribution in [3.8, 4) is 0 Å². The van der Waals surface area contributed by atoms with Crippen LogP contribution in [0.5, 0.6) is 0 Å². The van der Waals surface area contributed by atoms with Gasteiger partial charge >= 0.3 is 18.1 Å². The summed E-state index contributed by atoms with van der Waals surface area (Å²) in [6.07, 6.45) is -7.57. The quantitative estimate of drug-likeness (QED) is 0.778. The second-order valence-corrected chi connectivity index (χ2v) is 4.39. The monoisotopic (exact) mass is 299 g/mol. The number of hydrogen-bond acceptors (Lipinski definition) is 5. The molecule has 1 heterocycles. The van der Waals surface area contributed by atoms with E-state index in [9.17, 15) is 22.8 Å². The van der Waals surface area contributed by atoms with Gasteiger partial charge in [-0.3, -0.25) is 9.59 Å². The Balaban J connectivity index is 2.83. The van der Waals surface area contributed by atoms with E-state index in [1.807, 2.05) is 5.32 Å². The summed E-state index contributed by atoms with van der Waals surface area (Å²) in [5, 5.41) is 1.81. The molecule has 0 bridgehead atoms. The van der Waals surface area contributed by atoms with Crippen LogP contribution < -0.4 is 5.32 Å². The number of hydrogen-bond donors (Lipinski definition) is 1. The zero-order valence-corrected chi connectivity index (χ0v) is 11.2. The molecule has 0 aromatic heterocycles. The van der Waals surface area contributed by atoms with Crippen molar-refractivity contribution in [3.05, 3.63) is 0 Å². The van der Waals surface area contributed by atoms with Crippen LogP contribution in [0.2, 0.25) is 0 Å². The fourth-order valence-corrected chi connectivity index (χ4v) is 1.95. The number of rotatable bonds is 3. The van der Waals surface area contributed by atoms with Crippen molar-refractivity contribution in [2.45, 2.75) is 51.0 Å². The van der Waals surface area contributed by atoms with Crippen LogP contribution in [0, 0.1) is 0 Å². The highest BCUT2D eigenvalue weighted by Gasteiger charge is 2.45. The molecule has 1 rings (SSSR count). The van der Waals surface area contributed by atoms with Crippen LogP contribution in [0.4, 0.5) is 13.2 Å². The molecule has 1 saturated heterocycles. The molecule has 9 heteroatoms. The molecule has 1 N–H and O–H groups in total. The number of carbonyl (C=O) groups excluding carboxylic acids is 2. The molecular formula is C11H16F3NO5. The molecule has 1 aliphatic heterocycles. The predicted octanol–water partition coefficient (Wildman–Crippen LogP) is 0.746. The van der Waals surface area contributed by atoms with Gasteiger partial charge in [-0.25, -0.2) is 0 Å². The van der Waals surface area contributed by atoms with E-state index in [0.29, 0.717) is 0 Å². The lowest BCUT2D eigenvalue weighted by atomic mass is 9.99. The zero-order chi connectivity index (χ0) is 15.5. The summed E-state index contributed by atoms with van der Waals surface area (Å²) >= 11 is 0. The number of carbonyl (C=O) groups is 2. The van der Waals surface area contributed by atoms with E-state index in [1.54, 1.807) is 0 Å². The van der Waals surface area contributed by atoms with Crippen molar-refractivity contribution in [1.29, 1.82) is 0 Å². The van der Waals surface area contributed by atoms with Crippen molar-refractivity contribution in [2.24, 2.45) is 0 Å². The van der Waals surface area contributed by atoms with Crippen LogP contribution in [0.1, 0.15) is 20.3 Å². The summed E-state index contributed by atoms with van der Waals surface area (Å²) < 4.78 is 52.0. The normalized spacial score (nSPS) is 30.7. The maximum Gasteiger partial charge on any atom is 0.471 e. The number of halogens is 3. The van der Waals surface area contributed by atoms with Crippen molar-refractivity contribution in [2.75, 3.05) is 7.11 Å². The minimum atomic E-state index is -5.01. The molecule has 4 atom stereocenters. The highest BCUT2D eigenvalue weighted by molar-refractivity contribution is 5.82. The van der Waals surface area contributed by atoms with Crippen LogP contribution in [-0.4, -0.2) is 49.7 Å². The fourth-order valence-electron chi connectivity index (χ4n) is 1.95. The van der Waals surface area contributed by atoms with Crippen LogP contribution in [0.25, 0.3) is 0 Å². The third-order valence-corrected chi connectivity index (χ3v) is 2.81. The average molecular weight is 299 g/mol. The molecule has 0 aromatic rings. The summed E-state index contributed by atoms with van der Waals surface area (Å²) in [4.78, 5) is 22.0. The molecule has 0 unspecified atom stereocenters. The second-order valence-electron chi connectivity index (χ2n) is 4.39. The van der Waals surface area contributed by atoms with E-state index in [-0.39, 0.29) is 6.42 Å². The molecule has 1 aliphatic rings. The predicted molar refractivity (Wildman–Crippen MR) is 59.5 cm³/mol. The number of amides is 1. The maximum atomic E-state index is 12.3. The number of esters is 1. The van der Waals surface area contributed by atoms with Gasteiger partial charge in [0.25, 0.3) is 0 Å². The number of nitrogens with one attached hydrogen (secondary N) is 1. The molecule has 6 nitrogen and oxygen atoms in total. The van der Waals surface area contributed by atoms with Gasteiger partial charge in [0.1, 0.15) is 6.10 Å². The molecule has 1 amide bonds. The third-order valence-electron chi connectivity index (χ3n) is 2.81. The Bertz CT molecular complexity index is 374. The van der Waals surface area contributed by atoms with Gasteiger partial charge in [-0.2, -0.15) is 13.2 Å². The lowest BCUT2D eigenvalue weighted by molar-refractivity contribution is -0.226. The van der Waals surface area contributed by atoms with Crippen LogP contribution in [-0.2, 0) is 23.8 Å². The highest BCUT2D eigenvalue weighted by Crippen LogP contribution is 2.25. The molecule has 0 aliphatic carbocycles. The van der Waals surface area contributed by atoms with Crippen molar-refractivity contribution < 1.29 is 37.0 Å². The smallest absolute Gasteiger partial charge is 0.458 e. The third kappa shape index (κ3) is 4.34. The summed E-state index contributed by atoms with van der Waals surface area (Å²) in [6, 6.07) is -1.04. The Kier molecular flexibility index (Phi) is 5.35. The molecule has 0 spiro atoms. The highest BCUT2D eigenvalue weighted by atomic mass is 19.4. The minimum Gasteiger partial charge on any atom is -0.458 e. The standard InChI is InChI=1S/C11H16F3NO5/c1-5-9(20-6(2)16)7(4-8(18-3)19-5)15-10(17)11(12,13)14/h5,7-9H,4H2,1-3H3,(H,15,17)/t5-,7-,8-,9+/m1/s1. The topological polar surface area (TPSA) is 73.9 Å². The van der Waals surface area contributed by atoms with Crippen molar-refractivity contribution in [1.82, 2.24) is 5.32 Å². The molecule has 20 heavy (non-hydrogen) atoms. The number of methoxy groups -OCH3 is 1. The molecule has 0 radical (unpaired) electrons. The van der Waals surface area contributed by atoms with Crippen LogP contribution in [0.15, 0.2) is 0 Å². The molecule has 0 saturated carbocycles. The van der Waals surface area contributed by atoms with Crippen molar-refractivity contribution >= 4 is 11.9 Å². The van der Waals surface area contributed by atoms with Gasteiger partial charge in [-0.1, -0.05) is 0 Å². The first kappa shape index (κ1) is 16.7. The second kappa shape index (κ2) is 6.40. The molecule has 1 fully saturated rings. The Morgan fingerprint density at radius 1 is 1.35 bits per heavy atom. The fraction of sp³-hybridized carbons (Fsp3) is 0.818. The Labute approximate surface area is 113 Å². The first-order valence-corrected chi connectivity index (χ1v) is 5.88. The average Bonchev–Trinajstić information content (AvgIpc) is 2.31. The van der Waals surface area contributed by atoms with E-state index in [2.05, 4.69) is 0 Å². The van der Waals surface area contributed by atoms with Crippen LogP contribution >= 0.6 is 0 Å². The number of alkyl halides is 3. The Morgan fingerprint density at radius 2 is 1.95 bits per heavy atom. The van der Waals surface area contributed by atoms with Gasteiger partial charge in [-0.05, 0) is 6.92 Å². The van der Waals surface area contributed by atoms with E-state index in [4.69, 9.17) is 14.2 Å². The van der Waals surface area contributed by atoms with Gasteiger partial charge in [0.05, 0.1) is 12.1 Å². The van der Waals surface area contributed by atoms with E-state index < -0.39 is 42.6 Å². The lowest BCUT2D eigenvalue weighted by Crippen LogP contribution is -2.58. The van der Waals surface area contributed by atoms with Gasteiger partial charge in [-0.15, -0.1) is 0 Å². The van der Waals surface area contributed by atoms with Crippen LogP contribution in [0.3, 0.4) is 0 Å². The van der Waals surface area contributed by atoms with E-state index in [1.165, 1.54) is 14.0 Å². The van der Waals surface area contributed by atoms with E-state index >= 15 is 0 Å². The molecular weight excluding hydrogens is 283 g/mol. The largest absolute Gasteiger partial charge is 0.471 e. The number of ether oxygens (including phenoxy) is 3. The first-order valence-electron chi connectivity index (χ1n) is 5.88. The molecule has 116 valence electrons. The van der Waals surface area contributed by atoms with Gasteiger partial charge in [0, 0.05) is 20.5 Å². The van der Waals surface area contributed by atoms with Gasteiger partial charge in [0.2, 0.25) is 0 Å². The summed E-state index contributed by atoms with van der Waals surface area (Å²) in [5.74, 6) is -2.77. The Hall–Kier alpha value is -1.35. The zero-order valence-electron chi connectivity index (χ0n) is 11.2. The van der Waals surface area contributed by atoms with Gasteiger partial charge in [0.15, 0.2) is 6.29 Å². The summed E-state index contributed by atoms with van der Waals surface area (Å²) in [5.41, 5.74) is 0. The first-order chi connectivity index (χ1) is 9.15. The van der Waals surface area contributed by atoms with E-state index in [0.717, 1.165) is 6.92 Å². The van der Waals surface area contributed by atoms with Gasteiger partial charge < -0.3 is 19.5 Å². The van der Waals surface area contributed by atoms with Crippen molar-refractivity contribution in [3.63, 3.8) is 0 Å². The summed E-state index contributed by atoms with van der Waals surface area (Å²) in [6.45, 7) is 2.64. The lowest BCUT2D eigenvalue weighted by Gasteiger charge is -2.39. The summed E-state index contributed by atoms with van der Waals surface area (Å²) in [7, 11) is 1.33. The molecule has 0 aromatic carbocycles. The minimum absolute atomic E-state index is 0.0550. The SMILES string of the molecule is CO[C@H]1C[C@@H](NC(=O)C(F)(F)F)[C@@H](OC(C)=O)[C@@H](C)O1. The Morgan fingerprint density at radius 3 is 2.40 bits per heavy atom.